The second-order valence-electron chi connectivity index (χ2n) is 12.9. The summed E-state index contributed by atoms with van der Waals surface area (Å²) >= 11 is 6.01. The number of benzene rings is 3. The number of aromatic nitrogens is 5. The van der Waals surface area contributed by atoms with Gasteiger partial charge in [-0.05, 0) is 79.2 Å². The minimum absolute atomic E-state index is 0.0143. The lowest BCUT2D eigenvalue weighted by atomic mass is 10.3. The number of aliphatic hydroxyl groups is 2. The van der Waals surface area contributed by atoms with Crippen LogP contribution in [0, 0.1) is 6.92 Å². The predicted molar refractivity (Wildman–Crippen MR) is 223 cm³/mol. The smallest absolute Gasteiger partial charge is 0.397 e. The first-order chi connectivity index (χ1) is 30.3. The van der Waals surface area contributed by atoms with E-state index >= 15 is 0 Å². The Bertz CT molecular complexity index is 3430. The number of hydrogen-bond acceptors (Lipinski definition) is 24. The average molecular weight is 1060 g/mol. The number of aryl methyl sites for hydroxylation is 1. The van der Waals surface area contributed by atoms with E-state index < -0.39 is 145 Å². The molecule has 0 radical (unpaired) electrons. The Morgan fingerprint density at radius 2 is 1.27 bits per heavy atom. The van der Waals surface area contributed by atoms with Gasteiger partial charge in [-0.2, -0.15) is 58.4 Å². The summed E-state index contributed by atoms with van der Waals surface area (Å²) in [5.74, 6) is -2.76. The summed E-state index contributed by atoms with van der Waals surface area (Å²) in [5.41, 5.74) is -2.37. The van der Waals surface area contributed by atoms with Gasteiger partial charge in [-0.25, -0.2) is 21.0 Å². The maximum atomic E-state index is 13.0. The lowest BCUT2D eigenvalue weighted by molar-refractivity contribution is 0.197. The van der Waals surface area contributed by atoms with Crippen LogP contribution in [0.5, 0.6) is 5.88 Å². The van der Waals surface area contributed by atoms with E-state index in [2.05, 4.69) is 45.1 Å². The minimum Gasteiger partial charge on any atom is -0.492 e. The van der Waals surface area contributed by atoms with Gasteiger partial charge in [-0.15, -0.1) is 10.2 Å². The zero-order valence-corrected chi connectivity index (χ0v) is 38.2. The normalized spacial score (nSPS) is 13.3. The molecule has 358 valence electrons. The Hall–Kier alpha value is -5.41. The fourth-order valence-corrected chi connectivity index (χ4v) is 11.3. The quantitative estimate of drug-likeness (QED) is 0.0412. The molecule has 0 atom stereocenters. The molecule has 0 unspecified atom stereocenters. The van der Waals surface area contributed by atoms with Crippen LogP contribution in [0.1, 0.15) is 5.69 Å². The number of azo groups is 1. The third-order valence-corrected chi connectivity index (χ3v) is 17.3. The van der Waals surface area contributed by atoms with Gasteiger partial charge in [0.15, 0.2) is 15.5 Å². The molecule has 0 bridgehead atoms. The van der Waals surface area contributed by atoms with E-state index in [0.717, 1.165) is 53.2 Å². The number of hydrogen-bond donors (Lipinski definition) is 9. The lowest BCUT2D eigenvalue weighted by Gasteiger charge is -2.26. The average Bonchev–Trinajstić information content (AvgIpc) is 3.47. The van der Waals surface area contributed by atoms with Crippen LogP contribution < -0.4 is 10.6 Å². The van der Waals surface area contributed by atoms with E-state index in [9.17, 15) is 79.5 Å². The number of aromatic hydroxyl groups is 1. The number of nitrogens with one attached hydrogen (secondary N) is 2. The van der Waals surface area contributed by atoms with Crippen molar-refractivity contribution in [2.75, 3.05) is 36.2 Å². The van der Waals surface area contributed by atoms with Gasteiger partial charge in [-0.3, -0.25) is 18.2 Å². The van der Waals surface area contributed by atoms with E-state index in [1.807, 2.05) is 0 Å². The molecule has 5 aromatic rings. The monoisotopic (exact) mass is 1060 g/mol. The van der Waals surface area contributed by atoms with Crippen molar-refractivity contribution in [1.82, 2.24) is 24.7 Å². The van der Waals surface area contributed by atoms with Gasteiger partial charge in [0.05, 0.1) is 52.4 Å². The Morgan fingerprint density at radius 1 is 0.727 bits per heavy atom. The van der Waals surface area contributed by atoms with E-state index in [-0.39, 0.29) is 22.0 Å². The van der Waals surface area contributed by atoms with E-state index in [4.69, 9.17) is 16.2 Å². The summed E-state index contributed by atoms with van der Waals surface area (Å²) in [5, 5.41) is 45.7. The molecule has 0 saturated heterocycles. The first kappa shape index (κ1) is 51.6. The molecule has 5 rings (SSSR count). The van der Waals surface area contributed by atoms with Gasteiger partial charge in [-0.1, -0.05) is 0 Å². The first-order valence-corrected chi connectivity index (χ1v) is 26.3. The van der Waals surface area contributed by atoms with Crippen molar-refractivity contribution in [3.63, 3.8) is 0 Å². The molecule has 0 aliphatic carbocycles. The number of aliphatic hydroxyl groups excluding tert-OH is 2. The van der Waals surface area contributed by atoms with Crippen LogP contribution in [0.25, 0.3) is 5.69 Å². The standard InChI is InChI=1S/C30H30ClN9O20S6/c1-16-25(26(43)40(39-16)18-4-8-19(9-5-18)61(44,45)11-10-60-66(57,58)59)38-37-22-13-23(63(48,49)50)21(12-24(22)64(51,52)53)33-29-35-27(31)34-28(36-29)32-17-2-6-20(7-3-17)62(46,47)30(14-41,15-42)65(54,55)56/h2-9,12-13,41-43H,10-11,14-15H2,1H3,(H,48,49,50)(H,51,52,53)(H,54,55,56)(H,57,58,59)(H2,32,33,34,35,36). The Morgan fingerprint density at radius 3 is 1.79 bits per heavy atom. The zero-order valence-electron chi connectivity index (χ0n) is 32.5. The topological polar surface area (TPSA) is 461 Å². The minimum atomic E-state index is -5.59. The highest BCUT2D eigenvalue weighted by atomic mass is 35.5. The SMILES string of the molecule is Cc1nn(-c2ccc(S(=O)(=O)CCOS(=O)(=O)O)cc2)c(O)c1N=Nc1cc(S(=O)(=O)O)c(Nc2nc(Cl)nc(Nc3ccc(S(=O)(=O)C(CO)(CO)S(=O)(=O)O)cc3)n2)cc1S(=O)(=O)O. The molecule has 3 aromatic carbocycles. The van der Waals surface area contributed by atoms with E-state index in [1.165, 1.54) is 6.92 Å². The van der Waals surface area contributed by atoms with Gasteiger partial charge >= 0.3 is 10.4 Å². The van der Waals surface area contributed by atoms with Crippen LogP contribution >= 0.6 is 11.6 Å². The van der Waals surface area contributed by atoms with Gasteiger partial charge in [0.25, 0.3) is 30.4 Å². The lowest BCUT2D eigenvalue weighted by Crippen LogP contribution is -2.52. The number of anilines is 4. The summed E-state index contributed by atoms with van der Waals surface area (Å²) in [4.78, 5) is 8.06. The third kappa shape index (κ3) is 11.2. The van der Waals surface area contributed by atoms with Crippen molar-refractivity contribution in [2.24, 2.45) is 10.2 Å². The summed E-state index contributed by atoms with van der Waals surface area (Å²) in [6.45, 7) is -3.05. The zero-order chi connectivity index (χ0) is 49.4. The molecule has 66 heavy (non-hydrogen) atoms. The maximum absolute atomic E-state index is 13.0. The van der Waals surface area contributed by atoms with Crippen molar-refractivity contribution < 1.29 is 88.2 Å². The van der Waals surface area contributed by atoms with Crippen LogP contribution in [0.2, 0.25) is 5.28 Å². The Labute approximate surface area is 377 Å². The van der Waals surface area contributed by atoms with Gasteiger partial charge in [0.2, 0.25) is 37.0 Å². The van der Waals surface area contributed by atoms with Crippen molar-refractivity contribution in [2.45, 2.75) is 30.6 Å². The molecule has 0 saturated carbocycles. The highest BCUT2D eigenvalue weighted by molar-refractivity contribution is 8.08. The largest absolute Gasteiger partial charge is 0.492 e. The number of halogens is 1. The first-order valence-electron chi connectivity index (χ1n) is 17.1. The highest BCUT2D eigenvalue weighted by Gasteiger charge is 2.55. The fourth-order valence-electron chi connectivity index (χ4n) is 5.38. The predicted octanol–water partition coefficient (Wildman–Crippen LogP) is 1.06. The molecular formula is C30H30ClN9O20S6. The molecule has 0 amide bonds. The van der Waals surface area contributed by atoms with Crippen molar-refractivity contribution in [3.05, 3.63) is 71.6 Å². The van der Waals surface area contributed by atoms with Crippen LogP contribution in [-0.2, 0) is 64.6 Å². The van der Waals surface area contributed by atoms with Crippen molar-refractivity contribution >= 4 is 107 Å². The molecule has 0 aliphatic heterocycles. The summed E-state index contributed by atoms with van der Waals surface area (Å²) in [6, 6.07) is 8.99. The van der Waals surface area contributed by atoms with Crippen LogP contribution in [0.4, 0.5) is 34.6 Å². The summed E-state index contributed by atoms with van der Waals surface area (Å²) in [6.07, 6.45) is 0. The Kier molecular flexibility index (Phi) is 14.6. The number of rotatable bonds is 19. The molecule has 0 fully saturated rings. The molecule has 36 heteroatoms. The van der Waals surface area contributed by atoms with Crippen molar-refractivity contribution in [3.8, 4) is 11.6 Å². The second kappa shape index (κ2) is 18.7. The fraction of sp³-hybridized carbons (Fsp3) is 0.200. The maximum Gasteiger partial charge on any atom is 0.397 e. The molecule has 0 spiro atoms. The highest BCUT2D eigenvalue weighted by Crippen LogP contribution is 2.39. The van der Waals surface area contributed by atoms with Gasteiger partial charge in [0.1, 0.15) is 15.5 Å². The number of sulfone groups is 2. The van der Waals surface area contributed by atoms with Gasteiger partial charge in [0, 0.05) is 5.69 Å². The summed E-state index contributed by atoms with van der Waals surface area (Å²) < 4.78 is 187. The molecular weight excluding hydrogens is 1030 g/mol. The van der Waals surface area contributed by atoms with Gasteiger partial charge < -0.3 is 26.0 Å². The summed E-state index contributed by atoms with van der Waals surface area (Å²) in [7, 11) is -30.5. The molecule has 0 aliphatic rings. The third-order valence-electron chi connectivity index (χ3n) is 8.62. The van der Waals surface area contributed by atoms with Crippen molar-refractivity contribution in [1.29, 1.82) is 0 Å². The molecule has 29 nitrogen and oxygen atoms in total. The second-order valence-corrected chi connectivity index (χ2v) is 23.5. The van der Waals surface area contributed by atoms with E-state index in [1.54, 1.807) is 0 Å². The van der Waals surface area contributed by atoms with Crippen LogP contribution in [0.3, 0.4) is 0 Å². The van der Waals surface area contributed by atoms with Crippen LogP contribution in [0.15, 0.2) is 90.5 Å². The molecule has 9 N–H and O–H groups in total. The van der Waals surface area contributed by atoms with E-state index in [0.29, 0.717) is 12.1 Å². The molecule has 2 heterocycles. The molecule has 2 aromatic heterocycles. The Balaban J connectivity index is 1.46. The number of nitrogens with zero attached hydrogens (tertiary/aromatic N) is 7. The van der Waals surface area contributed by atoms with Crippen LogP contribution in [-0.4, -0.2) is 138 Å².